The second-order valence-corrected chi connectivity index (χ2v) is 5.03. The van der Waals surface area contributed by atoms with Crippen molar-refractivity contribution in [3.05, 3.63) is 29.8 Å². The molecule has 7 nitrogen and oxygen atoms in total. The number of hydrogen-bond acceptors (Lipinski definition) is 4. The maximum Gasteiger partial charge on any atom is 0.344 e. The number of methoxy groups -OCH3 is 1. The molecule has 112 valence electrons. The molecular formula is C13H16N4O3S. The molecule has 0 saturated carbocycles. The van der Waals surface area contributed by atoms with E-state index in [1.807, 2.05) is 0 Å². The molecule has 1 fully saturated rings. The summed E-state index contributed by atoms with van der Waals surface area (Å²) in [7, 11) is 3.13. The molecule has 1 atom stereocenters. The van der Waals surface area contributed by atoms with Gasteiger partial charge in [0.25, 0.3) is 5.91 Å². The van der Waals surface area contributed by atoms with Gasteiger partial charge in [-0.05, 0) is 36.8 Å². The van der Waals surface area contributed by atoms with E-state index in [0.29, 0.717) is 11.3 Å². The molecule has 0 unspecified atom stereocenters. The Morgan fingerprint density at radius 3 is 2.76 bits per heavy atom. The summed E-state index contributed by atoms with van der Waals surface area (Å²) in [5.74, 6) is 0.159. The lowest BCUT2D eigenvalue weighted by molar-refractivity contribution is -0.132. The predicted molar refractivity (Wildman–Crippen MR) is 80.5 cm³/mol. The maximum absolute atomic E-state index is 12.5. The number of nitrogens with zero attached hydrogens (tertiary/aromatic N) is 1. The van der Waals surface area contributed by atoms with Gasteiger partial charge in [0.05, 0.1) is 7.11 Å². The first-order chi connectivity index (χ1) is 9.92. The van der Waals surface area contributed by atoms with E-state index in [1.54, 1.807) is 38.2 Å². The summed E-state index contributed by atoms with van der Waals surface area (Å²) in [6.07, 6.45) is 0. The Morgan fingerprint density at radius 2 is 2.14 bits per heavy atom. The van der Waals surface area contributed by atoms with Gasteiger partial charge in [-0.3, -0.25) is 10.2 Å². The monoisotopic (exact) mass is 308 g/mol. The smallest absolute Gasteiger partial charge is 0.344 e. The van der Waals surface area contributed by atoms with Gasteiger partial charge in [0.2, 0.25) is 0 Å². The van der Waals surface area contributed by atoms with Gasteiger partial charge in [-0.2, -0.15) is 5.01 Å². The second-order valence-electron chi connectivity index (χ2n) is 4.62. The molecule has 0 radical (unpaired) electrons. The number of rotatable bonds is 3. The average Bonchev–Trinajstić information content (AvgIpc) is 2.71. The van der Waals surface area contributed by atoms with Crippen LogP contribution in [0.2, 0.25) is 0 Å². The van der Waals surface area contributed by atoms with E-state index < -0.39 is 17.5 Å². The molecule has 0 bridgehead atoms. The number of imide groups is 1. The minimum absolute atomic E-state index is 0.174. The van der Waals surface area contributed by atoms with Gasteiger partial charge in [0.1, 0.15) is 11.3 Å². The third-order valence-corrected chi connectivity index (χ3v) is 3.57. The van der Waals surface area contributed by atoms with Crippen LogP contribution in [0.15, 0.2) is 24.3 Å². The van der Waals surface area contributed by atoms with Crippen molar-refractivity contribution in [1.29, 1.82) is 0 Å². The van der Waals surface area contributed by atoms with E-state index in [4.69, 9.17) is 17.0 Å². The molecule has 21 heavy (non-hydrogen) atoms. The Kier molecular flexibility index (Phi) is 3.99. The molecular weight excluding hydrogens is 292 g/mol. The number of urea groups is 1. The maximum atomic E-state index is 12.5. The minimum Gasteiger partial charge on any atom is -0.497 e. The van der Waals surface area contributed by atoms with Crippen molar-refractivity contribution >= 4 is 29.3 Å². The first kappa shape index (κ1) is 15.0. The molecule has 1 saturated heterocycles. The van der Waals surface area contributed by atoms with Gasteiger partial charge in [-0.15, -0.1) is 0 Å². The summed E-state index contributed by atoms with van der Waals surface area (Å²) >= 11 is 4.91. The minimum atomic E-state index is -1.18. The highest BCUT2D eigenvalue weighted by atomic mass is 32.1. The largest absolute Gasteiger partial charge is 0.497 e. The third-order valence-electron chi connectivity index (χ3n) is 3.28. The van der Waals surface area contributed by atoms with E-state index in [1.165, 1.54) is 7.11 Å². The SMILES string of the molecule is CNC(=S)NN1C(=O)N[C@@](C)(c2cccc(OC)c2)C1=O. The molecule has 0 aromatic heterocycles. The lowest BCUT2D eigenvalue weighted by Crippen LogP contribution is -2.50. The number of benzene rings is 1. The lowest BCUT2D eigenvalue weighted by atomic mass is 9.92. The Morgan fingerprint density at radius 1 is 1.43 bits per heavy atom. The van der Waals surface area contributed by atoms with Crippen LogP contribution in [0.5, 0.6) is 5.75 Å². The first-order valence-corrected chi connectivity index (χ1v) is 6.63. The molecule has 0 spiro atoms. The van der Waals surface area contributed by atoms with Crippen LogP contribution in [0, 0.1) is 0 Å². The van der Waals surface area contributed by atoms with Gasteiger partial charge in [0, 0.05) is 7.05 Å². The van der Waals surface area contributed by atoms with Crippen LogP contribution in [0.4, 0.5) is 4.79 Å². The topological polar surface area (TPSA) is 82.7 Å². The van der Waals surface area contributed by atoms with Gasteiger partial charge in [0.15, 0.2) is 5.11 Å². The zero-order chi connectivity index (χ0) is 15.6. The Labute approximate surface area is 127 Å². The van der Waals surface area contributed by atoms with Gasteiger partial charge in [-0.1, -0.05) is 12.1 Å². The first-order valence-electron chi connectivity index (χ1n) is 6.22. The number of hydrazine groups is 1. The van der Waals surface area contributed by atoms with Crippen LogP contribution < -0.4 is 20.8 Å². The summed E-state index contributed by atoms with van der Waals surface area (Å²) in [6, 6.07) is 6.41. The molecule has 3 N–H and O–H groups in total. The number of hydrogen-bond donors (Lipinski definition) is 3. The summed E-state index contributed by atoms with van der Waals surface area (Å²) in [6.45, 7) is 1.63. The van der Waals surface area contributed by atoms with E-state index in [-0.39, 0.29) is 5.11 Å². The quantitative estimate of drug-likeness (QED) is 0.556. The van der Waals surface area contributed by atoms with Crippen molar-refractivity contribution in [2.75, 3.05) is 14.2 Å². The highest BCUT2D eigenvalue weighted by Gasteiger charge is 2.49. The number of nitrogens with one attached hydrogen (secondary N) is 3. The van der Waals surface area contributed by atoms with E-state index in [0.717, 1.165) is 5.01 Å². The summed E-state index contributed by atoms with van der Waals surface area (Å²) in [5, 5.41) is 6.34. The molecule has 1 aliphatic rings. The molecule has 1 aliphatic heterocycles. The van der Waals surface area contributed by atoms with Crippen molar-refractivity contribution in [2.45, 2.75) is 12.5 Å². The molecule has 1 heterocycles. The zero-order valence-corrected chi connectivity index (χ0v) is 12.7. The van der Waals surface area contributed by atoms with Crippen molar-refractivity contribution in [3.8, 4) is 5.75 Å². The number of ether oxygens (including phenoxy) is 1. The summed E-state index contributed by atoms with van der Waals surface area (Å²) in [4.78, 5) is 24.5. The van der Waals surface area contributed by atoms with Crippen LogP contribution >= 0.6 is 12.2 Å². The molecule has 8 heteroatoms. The third kappa shape index (κ3) is 2.62. The fourth-order valence-electron chi connectivity index (χ4n) is 2.03. The fraction of sp³-hybridized carbons (Fsp3) is 0.308. The lowest BCUT2D eigenvalue weighted by Gasteiger charge is -2.22. The second kappa shape index (κ2) is 5.57. The highest BCUT2D eigenvalue weighted by molar-refractivity contribution is 7.80. The molecule has 1 aromatic carbocycles. The van der Waals surface area contributed by atoms with Crippen LogP contribution in [-0.4, -0.2) is 36.2 Å². The van der Waals surface area contributed by atoms with Crippen molar-refractivity contribution < 1.29 is 14.3 Å². The normalized spacial score (nSPS) is 21.0. The standard InChI is InChI=1S/C13H16N4O3S/c1-13(8-5-4-6-9(7-8)20-3)10(18)17(12(19)15-13)16-11(21)14-2/h4-7H,1-3H3,(H,15,19)(H2,14,16,21)/t13-/m0/s1. The Bertz CT molecular complexity index is 607. The summed E-state index contributed by atoms with van der Waals surface area (Å²) < 4.78 is 5.15. The average molecular weight is 308 g/mol. The molecule has 3 amide bonds. The molecule has 0 aliphatic carbocycles. The zero-order valence-electron chi connectivity index (χ0n) is 11.9. The van der Waals surface area contributed by atoms with Gasteiger partial charge < -0.3 is 15.4 Å². The van der Waals surface area contributed by atoms with Crippen molar-refractivity contribution in [2.24, 2.45) is 0 Å². The number of carbonyl (C=O) groups excluding carboxylic acids is 2. The van der Waals surface area contributed by atoms with Gasteiger partial charge in [-0.25, -0.2) is 4.79 Å². The van der Waals surface area contributed by atoms with E-state index >= 15 is 0 Å². The fourth-order valence-corrected chi connectivity index (χ4v) is 2.12. The molecule has 2 rings (SSSR count). The highest BCUT2D eigenvalue weighted by Crippen LogP contribution is 2.30. The number of carbonyl (C=O) groups is 2. The van der Waals surface area contributed by atoms with Crippen molar-refractivity contribution in [3.63, 3.8) is 0 Å². The van der Waals surface area contributed by atoms with E-state index in [9.17, 15) is 9.59 Å². The van der Waals surface area contributed by atoms with Gasteiger partial charge >= 0.3 is 6.03 Å². The summed E-state index contributed by atoms with van der Waals surface area (Å²) in [5.41, 5.74) is 1.99. The van der Waals surface area contributed by atoms with Crippen LogP contribution in [0.1, 0.15) is 12.5 Å². The van der Waals surface area contributed by atoms with Crippen LogP contribution in [0.25, 0.3) is 0 Å². The van der Waals surface area contributed by atoms with Crippen LogP contribution in [-0.2, 0) is 10.3 Å². The van der Waals surface area contributed by atoms with Crippen LogP contribution in [0.3, 0.4) is 0 Å². The predicted octanol–water partition coefficient (Wildman–Crippen LogP) is 0.471. The van der Waals surface area contributed by atoms with E-state index in [2.05, 4.69) is 16.1 Å². The van der Waals surface area contributed by atoms with Crippen molar-refractivity contribution in [1.82, 2.24) is 21.1 Å². The molecule has 1 aromatic rings. The number of amides is 3. The number of thiocarbonyl (C=S) groups is 1. The Balaban J connectivity index is 2.33. The Hall–Kier alpha value is -2.35.